The van der Waals surface area contributed by atoms with Crippen LogP contribution in [0.1, 0.15) is 43.4 Å². The number of carboxylic acids is 2. The van der Waals surface area contributed by atoms with Gasteiger partial charge in [-0.05, 0) is 56.2 Å². The van der Waals surface area contributed by atoms with Gasteiger partial charge in [0, 0.05) is 34.1 Å². The number of halogens is 2. The lowest BCUT2D eigenvalue weighted by Gasteiger charge is -2.43. The summed E-state index contributed by atoms with van der Waals surface area (Å²) < 4.78 is 10.6. The summed E-state index contributed by atoms with van der Waals surface area (Å²) in [4.78, 5) is 44.1. The molecule has 0 fully saturated rings. The molecule has 1 unspecified atom stereocenters. The number of esters is 1. The van der Waals surface area contributed by atoms with E-state index in [0.29, 0.717) is 31.9 Å². The molecule has 1 heterocycles. The normalized spacial score (nSPS) is 17.2. The van der Waals surface area contributed by atoms with E-state index in [1.165, 1.54) is 31.1 Å². The number of methoxy groups -OCH3 is 1. The minimum absolute atomic E-state index is 0.0842. The van der Waals surface area contributed by atoms with Crippen LogP contribution in [0.2, 0.25) is 10.0 Å². The molecule has 0 amide bonds. The lowest BCUT2D eigenvalue weighted by Crippen LogP contribution is -2.45. The second kappa shape index (κ2) is 14.5. The second-order valence-corrected chi connectivity index (χ2v) is 10.6. The maximum Gasteiger partial charge on any atom is 0.334 e. The highest BCUT2D eigenvalue weighted by Gasteiger charge is 2.51. The number of hydrogen-bond acceptors (Lipinski definition) is 7. The highest BCUT2D eigenvalue weighted by Crippen LogP contribution is 2.52. The van der Waals surface area contributed by atoms with Gasteiger partial charge in [0.1, 0.15) is 0 Å². The Morgan fingerprint density at radius 1 is 0.952 bits per heavy atom. The van der Waals surface area contributed by atoms with E-state index in [0.717, 1.165) is 11.1 Å². The van der Waals surface area contributed by atoms with Crippen molar-refractivity contribution < 1.29 is 34.1 Å². The molecule has 0 aromatic heterocycles. The summed E-state index contributed by atoms with van der Waals surface area (Å²) in [5.74, 6) is -3.43. The van der Waals surface area contributed by atoms with Crippen molar-refractivity contribution in [2.24, 2.45) is 4.99 Å². The van der Waals surface area contributed by atoms with E-state index in [4.69, 9.17) is 32.7 Å². The fraction of sp³-hybridized carbons (Fsp3) is 0.355. The van der Waals surface area contributed by atoms with E-state index in [1.807, 2.05) is 31.2 Å². The van der Waals surface area contributed by atoms with E-state index in [-0.39, 0.29) is 38.9 Å². The molecule has 0 bridgehead atoms. The fourth-order valence-electron chi connectivity index (χ4n) is 5.43. The van der Waals surface area contributed by atoms with Crippen molar-refractivity contribution in [2.45, 2.75) is 45.1 Å². The van der Waals surface area contributed by atoms with Gasteiger partial charge in [0.05, 0.1) is 49.9 Å². The number of rotatable bonds is 13. The van der Waals surface area contributed by atoms with Crippen LogP contribution in [0.4, 0.5) is 0 Å². The second-order valence-electron chi connectivity index (χ2n) is 9.77. The molecule has 1 atom stereocenters. The van der Waals surface area contributed by atoms with Crippen molar-refractivity contribution in [3.63, 3.8) is 0 Å². The molecule has 1 aliphatic heterocycles. The minimum atomic E-state index is -1.82. The number of aliphatic carboxylic acids is 2. The van der Waals surface area contributed by atoms with Crippen molar-refractivity contribution in [3.05, 3.63) is 91.7 Å². The van der Waals surface area contributed by atoms with Gasteiger partial charge in [-0.3, -0.25) is 9.79 Å². The van der Waals surface area contributed by atoms with E-state index in [2.05, 4.69) is 4.99 Å². The first kappa shape index (κ1) is 32.8. The number of carbonyl (C=O) groups excluding carboxylic acids is 1. The third-order valence-electron chi connectivity index (χ3n) is 7.37. The van der Waals surface area contributed by atoms with Gasteiger partial charge in [0.15, 0.2) is 0 Å². The molecule has 11 heteroatoms. The van der Waals surface area contributed by atoms with Gasteiger partial charge in [0.25, 0.3) is 0 Å². The van der Waals surface area contributed by atoms with Crippen molar-refractivity contribution in [1.29, 1.82) is 0 Å². The van der Waals surface area contributed by atoms with Gasteiger partial charge < -0.3 is 24.6 Å². The average Bonchev–Trinajstić information content (AvgIpc) is 2.93. The lowest BCUT2D eigenvalue weighted by atomic mass is 9.66. The quantitative estimate of drug-likeness (QED) is 0.167. The minimum Gasteiger partial charge on any atom is -0.478 e. The molecule has 2 aromatic carbocycles. The van der Waals surface area contributed by atoms with E-state index in [1.54, 1.807) is 19.3 Å². The number of allylic oxidation sites excluding steroid dienone is 1. The molecule has 224 valence electrons. The number of hydrogen-bond donors (Lipinski definition) is 2. The molecule has 1 aliphatic rings. The number of carboxylic acid groups (broad SMARTS) is 2. The fourth-order valence-corrected chi connectivity index (χ4v) is 6.21. The number of aryl methyl sites for hydroxylation is 1. The van der Waals surface area contributed by atoms with Crippen LogP contribution < -0.4 is 0 Å². The maximum absolute atomic E-state index is 13.1. The number of aliphatic imine (C=N–C) groups is 1. The Morgan fingerprint density at radius 2 is 1.55 bits per heavy atom. The lowest BCUT2D eigenvalue weighted by molar-refractivity contribution is -0.140. The Kier molecular flexibility index (Phi) is 11.3. The van der Waals surface area contributed by atoms with Crippen molar-refractivity contribution in [2.75, 3.05) is 27.3 Å². The van der Waals surface area contributed by atoms with Crippen LogP contribution in [0.3, 0.4) is 0 Å². The Balaban J connectivity index is 2.19. The molecule has 42 heavy (non-hydrogen) atoms. The highest BCUT2D eigenvalue weighted by molar-refractivity contribution is 6.36. The molecule has 2 aromatic rings. The van der Waals surface area contributed by atoms with E-state index >= 15 is 0 Å². The van der Waals surface area contributed by atoms with Crippen molar-refractivity contribution in [3.8, 4) is 0 Å². The number of benzene rings is 2. The maximum atomic E-state index is 13.1. The third kappa shape index (κ3) is 6.86. The van der Waals surface area contributed by atoms with E-state index < -0.39 is 29.7 Å². The summed E-state index contributed by atoms with van der Waals surface area (Å²) in [6.45, 7) is 4.65. The largest absolute Gasteiger partial charge is 0.478 e. The molecule has 9 nitrogen and oxygen atoms in total. The van der Waals surface area contributed by atoms with Gasteiger partial charge >= 0.3 is 17.9 Å². The van der Waals surface area contributed by atoms with Crippen molar-refractivity contribution >= 4 is 47.3 Å². The standard InChI is InChI=1S/C31H34Cl2N2O7/c1-5-34-15-16-42-18-20-10-7-6-9-19(20)13-14-23-27(29(37)38)31(2,26-21(32)11-8-12-22(26)33)28(30(39)40)24(35(23)3)17-25(36)41-4/h5-12H,13-18H2,1-4H3,(H,37,38)(H,39,40). The predicted octanol–water partition coefficient (Wildman–Crippen LogP) is 5.68. The first-order chi connectivity index (χ1) is 20.0. The summed E-state index contributed by atoms with van der Waals surface area (Å²) in [5, 5.41) is 21.3. The van der Waals surface area contributed by atoms with Crippen LogP contribution in [0.5, 0.6) is 0 Å². The first-order valence-corrected chi connectivity index (χ1v) is 14.0. The average molecular weight is 618 g/mol. The molecule has 0 saturated carbocycles. The van der Waals surface area contributed by atoms with Crippen LogP contribution in [0.15, 0.2) is 70.0 Å². The number of ether oxygens (including phenoxy) is 2. The van der Waals surface area contributed by atoms with Gasteiger partial charge in [-0.25, -0.2) is 9.59 Å². The number of carbonyl (C=O) groups is 3. The zero-order valence-corrected chi connectivity index (χ0v) is 25.5. The van der Waals surface area contributed by atoms with Crippen LogP contribution in [-0.2, 0) is 42.3 Å². The summed E-state index contributed by atoms with van der Waals surface area (Å²) >= 11 is 13.2. The van der Waals surface area contributed by atoms with Crippen LogP contribution >= 0.6 is 23.2 Å². The van der Waals surface area contributed by atoms with E-state index in [9.17, 15) is 24.6 Å². The molecule has 3 rings (SSSR count). The monoisotopic (exact) mass is 616 g/mol. The Morgan fingerprint density at radius 3 is 2.12 bits per heavy atom. The molecular formula is C31H34Cl2N2O7. The molecular weight excluding hydrogens is 583 g/mol. The summed E-state index contributed by atoms with van der Waals surface area (Å²) in [7, 11) is 2.75. The van der Waals surface area contributed by atoms with Gasteiger partial charge in [-0.15, -0.1) is 0 Å². The molecule has 0 aliphatic carbocycles. The van der Waals surface area contributed by atoms with Gasteiger partial charge in [-0.2, -0.15) is 0 Å². The van der Waals surface area contributed by atoms with Crippen LogP contribution in [0.25, 0.3) is 0 Å². The Labute approximate surface area is 255 Å². The SMILES string of the molecule is CC=NCCOCc1ccccc1CCC1=C(C(=O)O)C(C)(c2c(Cl)cccc2Cl)C(C(=O)O)=C(CC(=O)OC)N1C. The van der Waals surface area contributed by atoms with Gasteiger partial charge in [0.2, 0.25) is 0 Å². The zero-order chi connectivity index (χ0) is 31.0. The number of nitrogens with zero attached hydrogens (tertiary/aromatic N) is 2. The van der Waals surface area contributed by atoms with Gasteiger partial charge in [-0.1, -0.05) is 53.5 Å². The van der Waals surface area contributed by atoms with Crippen molar-refractivity contribution in [1.82, 2.24) is 4.90 Å². The predicted molar refractivity (Wildman–Crippen MR) is 161 cm³/mol. The molecule has 0 spiro atoms. The van der Waals surface area contributed by atoms with Crippen LogP contribution in [-0.4, -0.2) is 66.5 Å². The summed E-state index contributed by atoms with van der Waals surface area (Å²) in [6.07, 6.45) is 1.91. The Bertz CT molecular complexity index is 1430. The topological polar surface area (TPSA) is 126 Å². The van der Waals surface area contributed by atoms with Crippen LogP contribution in [0, 0.1) is 0 Å². The highest BCUT2D eigenvalue weighted by atomic mass is 35.5. The first-order valence-electron chi connectivity index (χ1n) is 13.3. The summed E-state index contributed by atoms with van der Waals surface area (Å²) in [6, 6.07) is 12.3. The summed E-state index contributed by atoms with van der Waals surface area (Å²) in [5.41, 5.74) is 0.0519. The zero-order valence-electron chi connectivity index (χ0n) is 23.9. The molecule has 0 saturated heterocycles. The third-order valence-corrected chi connectivity index (χ3v) is 8.00. The smallest absolute Gasteiger partial charge is 0.334 e. The Hall–Kier alpha value is -3.66. The molecule has 0 radical (unpaired) electrons. The molecule has 2 N–H and O–H groups in total.